The fraction of sp³-hybridized carbons (Fsp3) is 0.0714. The molecule has 2 N–H and O–H groups in total. The molecule has 0 unspecified atom stereocenters. The molecule has 4 rings (SSSR count). The maximum Gasteiger partial charge on any atom is 0.215 e. The summed E-state index contributed by atoms with van der Waals surface area (Å²) in [7, 11) is 0. The maximum absolute atomic E-state index is 13.0. The normalized spacial score (nSPS) is 11.3. The predicted molar refractivity (Wildman–Crippen MR) is 76.4 cm³/mol. The van der Waals surface area contributed by atoms with Gasteiger partial charge in [0.25, 0.3) is 0 Å². The third kappa shape index (κ3) is 2.18. The van der Waals surface area contributed by atoms with Gasteiger partial charge in [-0.1, -0.05) is 0 Å². The van der Waals surface area contributed by atoms with E-state index in [1.165, 1.54) is 6.07 Å². The lowest BCUT2D eigenvalue weighted by Crippen LogP contribution is -2.02. The number of hydrogen-bond donors (Lipinski definition) is 2. The lowest BCUT2D eigenvalue weighted by atomic mass is 10.4. The van der Waals surface area contributed by atoms with Crippen LogP contribution in [-0.2, 0) is 6.54 Å². The van der Waals surface area contributed by atoms with E-state index in [4.69, 9.17) is 0 Å². The summed E-state index contributed by atoms with van der Waals surface area (Å²) in [6.45, 7) is 0.498. The van der Waals surface area contributed by atoms with Crippen LogP contribution in [0.1, 0.15) is 5.82 Å². The van der Waals surface area contributed by atoms with Crippen LogP contribution in [0.5, 0.6) is 0 Å². The van der Waals surface area contributed by atoms with E-state index in [2.05, 4.69) is 25.3 Å². The minimum absolute atomic E-state index is 0.386. The fourth-order valence-corrected chi connectivity index (χ4v) is 2.21. The zero-order chi connectivity index (χ0) is 14.2. The van der Waals surface area contributed by atoms with Crippen molar-refractivity contribution in [1.29, 1.82) is 0 Å². The molecular formula is C14H11FN6. The van der Waals surface area contributed by atoms with Gasteiger partial charge in [0, 0.05) is 18.6 Å². The third-order valence-corrected chi connectivity index (χ3v) is 3.21. The van der Waals surface area contributed by atoms with Crippen molar-refractivity contribution in [3.63, 3.8) is 0 Å². The number of hydrogen-bond acceptors (Lipinski definition) is 4. The molecule has 0 spiro atoms. The van der Waals surface area contributed by atoms with E-state index in [9.17, 15) is 4.39 Å². The van der Waals surface area contributed by atoms with Crippen molar-refractivity contribution in [2.45, 2.75) is 6.54 Å². The van der Waals surface area contributed by atoms with Gasteiger partial charge in [0.2, 0.25) is 5.95 Å². The number of nitrogens with one attached hydrogen (secondary N) is 2. The molecule has 0 aliphatic rings. The molecule has 21 heavy (non-hydrogen) atoms. The Kier molecular flexibility index (Phi) is 2.56. The molecule has 0 aliphatic carbocycles. The summed E-state index contributed by atoms with van der Waals surface area (Å²) in [5.41, 5.74) is 2.94. The summed E-state index contributed by atoms with van der Waals surface area (Å²) in [5.74, 6) is 0.174. The van der Waals surface area contributed by atoms with Crippen molar-refractivity contribution in [1.82, 2.24) is 24.3 Å². The van der Waals surface area contributed by atoms with Gasteiger partial charge in [0.1, 0.15) is 11.5 Å². The van der Waals surface area contributed by atoms with Gasteiger partial charge in [-0.3, -0.25) is 0 Å². The quantitative estimate of drug-likeness (QED) is 0.566. The van der Waals surface area contributed by atoms with E-state index in [0.29, 0.717) is 18.0 Å². The first-order valence-corrected chi connectivity index (χ1v) is 6.46. The molecule has 0 aromatic carbocycles. The molecule has 0 aliphatic heterocycles. The highest BCUT2D eigenvalue weighted by Crippen LogP contribution is 2.13. The second kappa shape index (κ2) is 4.55. The minimum Gasteiger partial charge on any atom is -0.377 e. The molecule has 0 atom stereocenters. The number of halogens is 1. The van der Waals surface area contributed by atoms with Crippen molar-refractivity contribution in [2.75, 3.05) is 5.32 Å². The molecule has 0 saturated heterocycles. The Morgan fingerprint density at radius 2 is 2.14 bits per heavy atom. The van der Waals surface area contributed by atoms with E-state index >= 15 is 0 Å². The average Bonchev–Trinajstić information content (AvgIpc) is 3.09. The van der Waals surface area contributed by atoms with Crippen LogP contribution in [0.4, 0.5) is 10.1 Å². The fourth-order valence-electron chi connectivity index (χ4n) is 2.21. The van der Waals surface area contributed by atoms with Gasteiger partial charge >= 0.3 is 0 Å². The molecular weight excluding hydrogens is 271 g/mol. The zero-order valence-corrected chi connectivity index (χ0v) is 10.9. The van der Waals surface area contributed by atoms with E-state index in [0.717, 1.165) is 16.9 Å². The van der Waals surface area contributed by atoms with Gasteiger partial charge in [-0.2, -0.15) is 9.37 Å². The smallest absolute Gasteiger partial charge is 0.215 e. The Morgan fingerprint density at radius 3 is 3.10 bits per heavy atom. The van der Waals surface area contributed by atoms with Crippen molar-refractivity contribution in [3.05, 3.63) is 54.6 Å². The molecule has 4 aromatic heterocycles. The van der Waals surface area contributed by atoms with Crippen LogP contribution in [0.15, 0.2) is 42.9 Å². The Morgan fingerprint density at radius 1 is 1.19 bits per heavy atom. The second-order valence-corrected chi connectivity index (χ2v) is 4.65. The number of H-pyrrole nitrogens is 1. The third-order valence-electron chi connectivity index (χ3n) is 3.21. The summed E-state index contributed by atoms with van der Waals surface area (Å²) >= 11 is 0. The van der Waals surface area contributed by atoms with E-state index in [1.54, 1.807) is 12.3 Å². The number of aromatic nitrogens is 5. The van der Waals surface area contributed by atoms with Gasteiger partial charge in [0.05, 0.1) is 17.7 Å². The SMILES string of the molecule is Fc1ccc2[nH]c(CNc3ccc4nccn4c3)nc2n1. The molecule has 0 bridgehead atoms. The van der Waals surface area contributed by atoms with E-state index < -0.39 is 5.95 Å². The number of pyridine rings is 2. The van der Waals surface area contributed by atoms with Crippen LogP contribution >= 0.6 is 0 Å². The molecule has 4 heterocycles. The molecule has 0 radical (unpaired) electrons. The Labute approximate surface area is 118 Å². The van der Waals surface area contributed by atoms with Crippen LogP contribution in [-0.4, -0.2) is 24.3 Å². The highest BCUT2D eigenvalue weighted by atomic mass is 19.1. The van der Waals surface area contributed by atoms with Crippen LogP contribution in [0.2, 0.25) is 0 Å². The van der Waals surface area contributed by atoms with Crippen molar-refractivity contribution in [3.8, 4) is 0 Å². The molecule has 104 valence electrons. The number of imidazole rings is 2. The monoisotopic (exact) mass is 282 g/mol. The highest BCUT2D eigenvalue weighted by Gasteiger charge is 2.05. The first kappa shape index (κ1) is 11.8. The summed E-state index contributed by atoms with van der Waals surface area (Å²) < 4.78 is 15.0. The molecule has 0 fully saturated rings. The topological polar surface area (TPSA) is 70.9 Å². The van der Waals surface area contributed by atoms with E-state index in [1.807, 2.05) is 28.9 Å². The van der Waals surface area contributed by atoms with Crippen molar-refractivity contribution >= 4 is 22.5 Å². The predicted octanol–water partition coefficient (Wildman–Crippen LogP) is 2.36. The average molecular weight is 282 g/mol. The van der Waals surface area contributed by atoms with Crippen molar-refractivity contribution in [2.24, 2.45) is 0 Å². The first-order chi connectivity index (χ1) is 10.3. The van der Waals surface area contributed by atoms with Crippen LogP contribution < -0.4 is 5.32 Å². The molecule has 0 amide bonds. The van der Waals surface area contributed by atoms with Crippen LogP contribution in [0.3, 0.4) is 0 Å². The number of aromatic amines is 1. The van der Waals surface area contributed by atoms with Gasteiger partial charge in [-0.25, -0.2) is 9.97 Å². The first-order valence-electron chi connectivity index (χ1n) is 6.46. The van der Waals surface area contributed by atoms with Gasteiger partial charge in [-0.05, 0) is 24.3 Å². The summed E-state index contributed by atoms with van der Waals surface area (Å²) in [5, 5.41) is 3.25. The van der Waals surface area contributed by atoms with Gasteiger partial charge in [0.15, 0.2) is 5.65 Å². The Bertz CT molecular complexity index is 925. The van der Waals surface area contributed by atoms with Gasteiger partial charge < -0.3 is 14.7 Å². The van der Waals surface area contributed by atoms with Crippen LogP contribution in [0, 0.1) is 5.95 Å². The number of rotatable bonds is 3. The molecule has 0 saturated carbocycles. The standard InChI is InChI=1S/C14H11FN6/c15-11-3-2-10-14(19-11)20-12(18-10)7-17-9-1-4-13-16-5-6-21(13)8-9/h1-6,8,17H,7H2,(H,18,19,20). The summed E-state index contributed by atoms with van der Waals surface area (Å²) in [6, 6.07) is 6.82. The van der Waals surface area contributed by atoms with E-state index in [-0.39, 0.29) is 0 Å². The summed E-state index contributed by atoms with van der Waals surface area (Å²) in [4.78, 5) is 15.3. The number of fused-ring (bicyclic) bond motifs is 2. The Hall–Kier alpha value is -2.96. The molecule has 4 aromatic rings. The number of anilines is 1. The van der Waals surface area contributed by atoms with Crippen LogP contribution in [0.25, 0.3) is 16.8 Å². The zero-order valence-electron chi connectivity index (χ0n) is 10.9. The minimum atomic E-state index is -0.529. The lowest BCUT2D eigenvalue weighted by molar-refractivity contribution is 0.588. The Balaban J connectivity index is 1.56. The lowest BCUT2D eigenvalue weighted by Gasteiger charge is -2.04. The maximum atomic E-state index is 13.0. The summed E-state index contributed by atoms with van der Waals surface area (Å²) in [6.07, 6.45) is 5.58. The van der Waals surface area contributed by atoms with Crippen molar-refractivity contribution < 1.29 is 4.39 Å². The largest absolute Gasteiger partial charge is 0.377 e. The highest BCUT2D eigenvalue weighted by molar-refractivity contribution is 5.70. The second-order valence-electron chi connectivity index (χ2n) is 4.65. The molecule has 7 heteroatoms. The van der Waals surface area contributed by atoms with Gasteiger partial charge in [-0.15, -0.1) is 0 Å². The number of nitrogens with zero attached hydrogens (tertiary/aromatic N) is 4. The molecule has 6 nitrogen and oxygen atoms in total.